The second-order valence-electron chi connectivity index (χ2n) is 7.84. The maximum absolute atomic E-state index is 10.4. The van der Waals surface area contributed by atoms with E-state index in [1.54, 1.807) is 7.11 Å². The Labute approximate surface area is 142 Å². The molecule has 0 bridgehead atoms. The fourth-order valence-corrected chi connectivity index (χ4v) is 3.14. The Morgan fingerprint density at radius 3 is 2.35 bits per heavy atom. The van der Waals surface area contributed by atoms with Gasteiger partial charge >= 0.3 is 0 Å². The van der Waals surface area contributed by atoms with Crippen LogP contribution in [0.4, 0.5) is 0 Å². The van der Waals surface area contributed by atoms with Gasteiger partial charge in [-0.25, -0.2) is 0 Å². The zero-order valence-corrected chi connectivity index (χ0v) is 15.9. The average molecular weight is 322 g/mol. The van der Waals surface area contributed by atoms with E-state index in [-0.39, 0.29) is 17.4 Å². The minimum absolute atomic E-state index is 0.0169. The molecule has 3 N–H and O–H groups in total. The van der Waals surface area contributed by atoms with E-state index >= 15 is 0 Å². The van der Waals surface area contributed by atoms with Crippen LogP contribution in [0.2, 0.25) is 0 Å². The summed E-state index contributed by atoms with van der Waals surface area (Å²) in [5, 5.41) is 10.4. The summed E-state index contributed by atoms with van der Waals surface area (Å²) in [7, 11) is 1.73. The van der Waals surface area contributed by atoms with Crippen molar-refractivity contribution >= 4 is 0 Å². The van der Waals surface area contributed by atoms with Crippen molar-refractivity contribution in [1.82, 2.24) is 0 Å². The van der Waals surface area contributed by atoms with Crippen LogP contribution in [-0.4, -0.2) is 24.4 Å². The molecule has 0 amide bonds. The lowest BCUT2D eigenvalue weighted by Gasteiger charge is -2.28. The number of aliphatic hydroxyl groups is 1. The summed E-state index contributed by atoms with van der Waals surface area (Å²) in [4.78, 5) is 0. The molecule has 0 saturated heterocycles. The minimum Gasteiger partial charge on any atom is -0.496 e. The highest BCUT2D eigenvalue weighted by molar-refractivity contribution is 5.49. The van der Waals surface area contributed by atoms with Crippen molar-refractivity contribution in [2.45, 2.75) is 84.3 Å². The van der Waals surface area contributed by atoms with Gasteiger partial charge < -0.3 is 15.6 Å². The molecule has 3 nitrogen and oxygen atoms in total. The van der Waals surface area contributed by atoms with Crippen molar-refractivity contribution in [3.63, 3.8) is 0 Å². The highest BCUT2D eigenvalue weighted by Gasteiger charge is 2.26. The smallest absolute Gasteiger partial charge is 0.126 e. The van der Waals surface area contributed by atoms with E-state index in [1.807, 2.05) is 0 Å². The maximum Gasteiger partial charge on any atom is 0.126 e. The van der Waals surface area contributed by atoms with Crippen LogP contribution in [0.25, 0.3) is 0 Å². The number of aryl methyl sites for hydroxylation is 1. The number of aliphatic hydroxyl groups excluding tert-OH is 1. The van der Waals surface area contributed by atoms with Crippen molar-refractivity contribution in [3.05, 3.63) is 28.8 Å². The lowest BCUT2D eigenvalue weighted by Crippen LogP contribution is -2.35. The summed E-state index contributed by atoms with van der Waals surface area (Å²) < 4.78 is 5.76. The molecule has 0 saturated carbocycles. The summed E-state index contributed by atoms with van der Waals surface area (Å²) in [6.45, 7) is 12.9. The van der Waals surface area contributed by atoms with Crippen LogP contribution in [-0.2, 0) is 5.41 Å². The molecule has 1 aromatic rings. The third kappa shape index (κ3) is 5.22. The molecule has 0 aliphatic rings. The van der Waals surface area contributed by atoms with Crippen LogP contribution in [0.1, 0.15) is 76.5 Å². The Morgan fingerprint density at radius 2 is 1.87 bits per heavy atom. The molecule has 132 valence electrons. The van der Waals surface area contributed by atoms with Gasteiger partial charge in [-0.05, 0) is 36.7 Å². The van der Waals surface area contributed by atoms with E-state index < -0.39 is 6.10 Å². The summed E-state index contributed by atoms with van der Waals surface area (Å²) in [6.07, 6.45) is 2.03. The SMILES string of the molecule is CCCC(N)C(O)CC(C)c1cc(C)cc(C(C)(C)C)c1OC. The highest BCUT2D eigenvalue weighted by atomic mass is 16.5. The highest BCUT2D eigenvalue weighted by Crippen LogP contribution is 2.39. The minimum atomic E-state index is -0.478. The van der Waals surface area contributed by atoms with E-state index in [2.05, 4.69) is 53.7 Å². The maximum atomic E-state index is 10.4. The van der Waals surface area contributed by atoms with E-state index in [4.69, 9.17) is 10.5 Å². The first-order chi connectivity index (χ1) is 10.6. The van der Waals surface area contributed by atoms with Gasteiger partial charge in [0.15, 0.2) is 0 Å². The Bertz CT molecular complexity index is 505. The number of nitrogens with two attached hydrogens (primary N) is 1. The first-order valence-electron chi connectivity index (χ1n) is 8.74. The molecular weight excluding hydrogens is 286 g/mol. The van der Waals surface area contributed by atoms with Crippen LogP contribution in [0.3, 0.4) is 0 Å². The van der Waals surface area contributed by atoms with Gasteiger partial charge in [0.2, 0.25) is 0 Å². The molecule has 0 aliphatic carbocycles. The predicted octanol–water partition coefficient (Wildman–Crippen LogP) is 4.28. The number of ether oxygens (including phenoxy) is 1. The third-order valence-corrected chi connectivity index (χ3v) is 4.52. The van der Waals surface area contributed by atoms with E-state index in [9.17, 15) is 5.11 Å². The largest absolute Gasteiger partial charge is 0.496 e. The summed E-state index contributed by atoms with van der Waals surface area (Å²) in [5.41, 5.74) is 9.70. The van der Waals surface area contributed by atoms with Gasteiger partial charge in [0.1, 0.15) is 5.75 Å². The van der Waals surface area contributed by atoms with E-state index in [0.29, 0.717) is 6.42 Å². The molecule has 23 heavy (non-hydrogen) atoms. The Morgan fingerprint density at radius 1 is 1.26 bits per heavy atom. The van der Waals surface area contributed by atoms with Crippen LogP contribution in [0.15, 0.2) is 12.1 Å². The molecular formula is C20H35NO2. The van der Waals surface area contributed by atoms with Crippen LogP contribution in [0, 0.1) is 6.92 Å². The standard InChI is InChI=1S/C20H35NO2/c1-8-9-17(21)18(22)12-14(3)15-10-13(2)11-16(19(15)23-7)20(4,5)6/h10-11,14,17-18,22H,8-9,12,21H2,1-7H3. The van der Waals surface area contributed by atoms with Gasteiger partial charge in [0.05, 0.1) is 13.2 Å². The van der Waals surface area contributed by atoms with Crippen molar-refractivity contribution in [2.24, 2.45) is 5.73 Å². The van der Waals surface area contributed by atoms with Crippen molar-refractivity contribution < 1.29 is 9.84 Å². The quantitative estimate of drug-likeness (QED) is 0.788. The van der Waals surface area contributed by atoms with Gasteiger partial charge in [-0.1, -0.05) is 58.7 Å². The second kappa shape index (κ2) is 8.16. The van der Waals surface area contributed by atoms with Crippen molar-refractivity contribution in [1.29, 1.82) is 0 Å². The Hall–Kier alpha value is -1.06. The summed E-state index contributed by atoms with van der Waals surface area (Å²) >= 11 is 0. The van der Waals surface area contributed by atoms with Crippen molar-refractivity contribution in [2.75, 3.05) is 7.11 Å². The van der Waals surface area contributed by atoms with E-state index in [0.717, 1.165) is 18.6 Å². The number of hydrogen-bond donors (Lipinski definition) is 2. The molecule has 0 heterocycles. The zero-order valence-electron chi connectivity index (χ0n) is 15.9. The molecule has 3 unspecified atom stereocenters. The van der Waals surface area contributed by atoms with E-state index in [1.165, 1.54) is 16.7 Å². The molecule has 0 spiro atoms. The second-order valence-corrected chi connectivity index (χ2v) is 7.84. The number of benzene rings is 1. The molecule has 0 aliphatic heterocycles. The van der Waals surface area contributed by atoms with Crippen molar-refractivity contribution in [3.8, 4) is 5.75 Å². The number of rotatable bonds is 7. The Balaban J connectivity index is 3.13. The van der Waals surface area contributed by atoms with Crippen LogP contribution >= 0.6 is 0 Å². The first-order valence-corrected chi connectivity index (χ1v) is 8.74. The summed E-state index contributed by atoms with van der Waals surface area (Å²) in [5.74, 6) is 1.15. The molecule has 0 fully saturated rings. The molecule has 0 radical (unpaired) electrons. The molecule has 0 aromatic heterocycles. The molecule has 1 rings (SSSR count). The van der Waals surface area contributed by atoms with Crippen LogP contribution < -0.4 is 10.5 Å². The predicted molar refractivity (Wildman–Crippen MR) is 98.4 cm³/mol. The van der Waals surface area contributed by atoms with Gasteiger partial charge in [-0.2, -0.15) is 0 Å². The normalized spacial score (nSPS) is 16.0. The first kappa shape index (κ1) is 20.0. The Kier molecular flexibility index (Phi) is 7.09. The van der Waals surface area contributed by atoms with Gasteiger partial charge in [-0.3, -0.25) is 0 Å². The fraction of sp³-hybridized carbons (Fsp3) is 0.700. The molecule has 3 heteroatoms. The van der Waals surface area contributed by atoms with Gasteiger partial charge in [-0.15, -0.1) is 0 Å². The summed E-state index contributed by atoms with van der Waals surface area (Å²) in [6, 6.07) is 4.23. The van der Waals surface area contributed by atoms with Gasteiger partial charge in [0, 0.05) is 11.6 Å². The molecule has 3 atom stereocenters. The monoisotopic (exact) mass is 321 g/mol. The zero-order chi connectivity index (χ0) is 17.8. The lowest BCUT2D eigenvalue weighted by molar-refractivity contribution is 0.123. The lowest BCUT2D eigenvalue weighted by atomic mass is 9.81. The topological polar surface area (TPSA) is 55.5 Å². The van der Waals surface area contributed by atoms with Crippen LogP contribution in [0.5, 0.6) is 5.75 Å². The average Bonchev–Trinajstić information content (AvgIpc) is 2.45. The number of methoxy groups -OCH3 is 1. The van der Waals surface area contributed by atoms with Gasteiger partial charge in [0.25, 0.3) is 0 Å². The molecule has 1 aromatic carbocycles. The number of hydrogen-bond acceptors (Lipinski definition) is 3. The third-order valence-electron chi connectivity index (χ3n) is 4.52. The fourth-order valence-electron chi connectivity index (χ4n) is 3.14.